The Kier molecular flexibility index (Phi) is 5.12. The standard InChI is InChI=1S/C19H23N3O3S2/c1-2-22-8-3-5-16(22)13-20-17-12-15(11-14-7-9-25-19(14)17)21-27(23,24)18-6-4-10-26-18/h4,6-7,9-12,16,20-21H,2-3,5,8,13H2,1H3/t16-/m1/s1. The number of rotatable bonds is 7. The highest BCUT2D eigenvalue weighted by atomic mass is 32.2. The predicted octanol–water partition coefficient (Wildman–Crippen LogP) is 4.19. The third-order valence-corrected chi connectivity index (χ3v) is 7.78. The molecule has 1 atom stereocenters. The van der Waals surface area contributed by atoms with Gasteiger partial charge in [-0.15, -0.1) is 11.3 Å². The molecule has 3 aromatic rings. The second-order valence-electron chi connectivity index (χ2n) is 6.71. The van der Waals surface area contributed by atoms with Gasteiger partial charge >= 0.3 is 0 Å². The van der Waals surface area contributed by atoms with Crippen LogP contribution >= 0.6 is 11.3 Å². The molecule has 0 spiro atoms. The van der Waals surface area contributed by atoms with Gasteiger partial charge in [-0.3, -0.25) is 9.62 Å². The van der Waals surface area contributed by atoms with Crippen LogP contribution in [0.25, 0.3) is 11.0 Å². The van der Waals surface area contributed by atoms with E-state index in [2.05, 4.69) is 21.9 Å². The lowest BCUT2D eigenvalue weighted by Gasteiger charge is -2.23. The summed E-state index contributed by atoms with van der Waals surface area (Å²) in [5, 5.41) is 6.09. The number of benzene rings is 1. The number of hydrogen-bond donors (Lipinski definition) is 2. The fraction of sp³-hybridized carbons (Fsp3) is 0.368. The van der Waals surface area contributed by atoms with Crippen LogP contribution in [0.2, 0.25) is 0 Å². The molecular weight excluding hydrogens is 382 g/mol. The Morgan fingerprint density at radius 2 is 2.22 bits per heavy atom. The first-order valence-electron chi connectivity index (χ1n) is 9.12. The fourth-order valence-electron chi connectivity index (χ4n) is 3.66. The third kappa shape index (κ3) is 3.83. The SMILES string of the molecule is CCN1CCC[C@@H]1CNc1cc(NS(=O)(=O)c2cccs2)cc2ccoc12. The quantitative estimate of drug-likeness (QED) is 0.616. The zero-order valence-corrected chi connectivity index (χ0v) is 16.8. The molecule has 0 amide bonds. The number of fused-ring (bicyclic) bond motifs is 1. The number of nitrogens with zero attached hydrogens (tertiary/aromatic N) is 1. The lowest BCUT2D eigenvalue weighted by Crippen LogP contribution is -2.34. The molecule has 6 nitrogen and oxygen atoms in total. The summed E-state index contributed by atoms with van der Waals surface area (Å²) in [6, 6.07) is 9.27. The lowest BCUT2D eigenvalue weighted by molar-refractivity contribution is 0.277. The number of thiophene rings is 1. The highest BCUT2D eigenvalue weighted by molar-refractivity contribution is 7.94. The molecule has 1 saturated heterocycles. The number of furan rings is 1. The molecule has 0 saturated carbocycles. The molecule has 1 aliphatic rings. The third-order valence-electron chi connectivity index (χ3n) is 5.00. The Balaban J connectivity index is 1.58. The van der Waals surface area contributed by atoms with E-state index >= 15 is 0 Å². The zero-order valence-electron chi connectivity index (χ0n) is 15.1. The average Bonchev–Trinajstić information content (AvgIpc) is 3.39. The van der Waals surface area contributed by atoms with Crippen molar-refractivity contribution in [2.24, 2.45) is 0 Å². The van der Waals surface area contributed by atoms with Gasteiger partial charge in [0.05, 0.1) is 17.6 Å². The van der Waals surface area contributed by atoms with Crippen LogP contribution in [0.15, 0.2) is 50.6 Å². The maximum absolute atomic E-state index is 12.5. The molecule has 0 unspecified atom stereocenters. The van der Waals surface area contributed by atoms with Crippen LogP contribution in [0.4, 0.5) is 11.4 Å². The highest BCUT2D eigenvalue weighted by Gasteiger charge is 2.23. The Morgan fingerprint density at radius 3 is 3.00 bits per heavy atom. The molecule has 0 radical (unpaired) electrons. The minimum atomic E-state index is -3.58. The first kappa shape index (κ1) is 18.3. The zero-order chi connectivity index (χ0) is 18.9. The smallest absolute Gasteiger partial charge is 0.271 e. The minimum Gasteiger partial charge on any atom is -0.462 e. The van der Waals surface area contributed by atoms with Gasteiger partial charge in [0, 0.05) is 18.0 Å². The van der Waals surface area contributed by atoms with Crippen molar-refractivity contribution in [1.29, 1.82) is 0 Å². The van der Waals surface area contributed by atoms with Gasteiger partial charge in [-0.1, -0.05) is 13.0 Å². The largest absolute Gasteiger partial charge is 0.462 e. The summed E-state index contributed by atoms with van der Waals surface area (Å²) in [7, 11) is -3.58. The van der Waals surface area contributed by atoms with E-state index in [4.69, 9.17) is 4.42 Å². The summed E-state index contributed by atoms with van der Waals surface area (Å²) in [4.78, 5) is 2.47. The lowest BCUT2D eigenvalue weighted by atomic mass is 10.2. The van der Waals surface area contributed by atoms with Crippen molar-refractivity contribution >= 4 is 43.7 Å². The molecule has 0 aliphatic carbocycles. The normalized spacial score (nSPS) is 18.2. The van der Waals surface area contributed by atoms with E-state index in [9.17, 15) is 8.42 Å². The molecule has 1 aromatic carbocycles. The Labute approximate surface area is 163 Å². The fourth-order valence-corrected chi connectivity index (χ4v) is 5.70. The number of nitrogens with one attached hydrogen (secondary N) is 2. The molecule has 1 aliphatic heterocycles. The Hall–Kier alpha value is -2.03. The average molecular weight is 406 g/mol. The Morgan fingerprint density at radius 1 is 1.33 bits per heavy atom. The van der Waals surface area contributed by atoms with Gasteiger partial charge < -0.3 is 9.73 Å². The topological polar surface area (TPSA) is 74.6 Å². The molecule has 8 heteroatoms. The maximum atomic E-state index is 12.5. The molecule has 1 fully saturated rings. The summed E-state index contributed by atoms with van der Waals surface area (Å²) in [6.07, 6.45) is 4.02. The number of likely N-dealkylation sites (tertiary alicyclic amines) is 1. The molecule has 144 valence electrons. The summed E-state index contributed by atoms with van der Waals surface area (Å²) in [5.74, 6) is 0. The van der Waals surface area contributed by atoms with Gasteiger partial charge in [0.1, 0.15) is 4.21 Å². The van der Waals surface area contributed by atoms with E-state index in [0.717, 1.165) is 36.3 Å². The second kappa shape index (κ2) is 7.53. The number of anilines is 2. The van der Waals surface area contributed by atoms with Gasteiger partial charge in [0.2, 0.25) is 0 Å². The minimum absolute atomic E-state index is 0.300. The van der Waals surface area contributed by atoms with Crippen molar-refractivity contribution in [3.63, 3.8) is 0 Å². The molecule has 0 bridgehead atoms. The van der Waals surface area contributed by atoms with Crippen molar-refractivity contribution in [1.82, 2.24) is 4.90 Å². The summed E-state index contributed by atoms with van der Waals surface area (Å²) in [5.41, 5.74) is 2.08. The van der Waals surface area contributed by atoms with E-state index in [-0.39, 0.29) is 0 Å². The maximum Gasteiger partial charge on any atom is 0.271 e. The van der Waals surface area contributed by atoms with Crippen LogP contribution in [0.3, 0.4) is 0 Å². The van der Waals surface area contributed by atoms with E-state index in [0.29, 0.717) is 15.9 Å². The van der Waals surface area contributed by atoms with Crippen LogP contribution in [0, 0.1) is 0 Å². The predicted molar refractivity (Wildman–Crippen MR) is 110 cm³/mol. The summed E-state index contributed by atoms with van der Waals surface area (Å²) >= 11 is 1.20. The highest BCUT2D eigenvalue weighted by Crippen LogP contribution is 2.31. The first-order chi connectivity index (χ1) is 13.1. The van der Waals surface area contributed by atoms with E-state index in [1.165, 1.54) is 24.2 Å². The Bertz CT molecular complexity index is 1010. The van der Waals surface area contributed by atoms with Gasteiger partial charge in [0.25, 0.3) is 10.0 Å². The summed E-state index contributed by atoms with van der Waals surface area (Å²) in [6.45, 7) is 5.18. The van der Waals surface area contributed by atoms with Crippen LogP contribution in [-0.2, 0) is 10.0 Å². The van der Waals surface area contributed by atoms with Gasteiger partial charge in [-0.25, -0.2) is 8.42 Å². The monoisotopic (exact) mass is 405 g/mol. The molecular formula is C19H23N3O3S2. The van der Waals surface area contributed by atoms with Crippen molar-refractivity contribution < 1.29 is 12.8 Å². The van der Waals surface area contributed by atoms with Gasteiger partial charge in [-0.05, 0) is 55.6 Å². The van der Waals surface area contributed by atoms with Gasteiger partial charge in [-0.2, -0.15) is 0 Å². The first-order valence-corrected chi connectivity index (χ1v) is 11.5. The van der Waals surface area contributed by atoms with Crippen LogP contribution in [0.1, 0.15) is 19.8 Å². The number of hydrogen-bond acceptors (Lipinski definition) is 6. The van der Waals surface area contributed by atoms with Crippen molar-refractivity contribution in [3.05, 3.63) is 42.0 Å². The molecule has 4 rings (SSSR count). The second-order valence-corrected chi connectivity index (χ2v) is 9.56. The summed E-state index contributed by atoms with van der Waals surface area (Å²) < 4.78 is 33.7. The van der Waals surface area contributed by atoms with E-state index in [1.54, 1.807) is 29.8 Å². The molecule has 2 aromatic heterocycles. The van der Waals surface area contributed by atoms with Crippen LogP contribution < -0.4 is 10.0 Å². The molecule has 3 heterocycles. The number of sulfonamides is 1. The van der Waals surface area contributed by atoms with Crippen LogP contribution in [-0.4, -0.2) is 39.0 Å². The van der Waals surface area contributed by atoms with Crippen LogP contribution in [0.5, 0.6) is 0 Å². The van der Waals surface area contributed by atoms with E-state index in [1.807, 2.05) is 12.1 Å². The van der Waals surface area contributed by atoms with Crippen molar-refractivity contribution in [2.45, 2.75) is 30.0 Å². The van der Waals surface area contributed by atoms with Crippen molar-refractivity contribution in [2.75, 3.05) is 29.7 Å². The van der Waals surface area contributed by atoms with Crippen molar-refractivity contribution in [3.8, 4) is 0 Å². The van der Waals surface area contributed by atoms with E-state index < -0.39 is 10.0 Å². The number of likely N-dealkylation sites (N-methyl/N-ethyl adjacent to an activating group) is 1. The van der Waals surface area contributed by atoms with Gasteiger partial charge in [0.15, 0.2) is 5.58 Å². The molecule has 27 heavy (non-hydrogen) atoms. The molecule has 2 N–H and O–H groups in total.